The van der Waals surface area contributed by atoms with Crippen molar-refractivity contribution in [2.75, 3.05) is 13.7 Å². The number of rotatable bonds is 9. The van der Waals surface area contributed by atoms with Crippen LogP contribution in [-0.2, 0) is 16.3 Å². The number of aliphatic carboxylic acids is 1. The van der Waals surface area contributed by atoms with Crippen molar-refractivity contribution in [2.45, 2.75) is 6.73 Å². The van der Waals surface area contributed by atoms with Crippen molar-refractivity contribution < 1.29 is 19.4 Å². The van der Waals surface area contributed by atoms with Gasteiger partial charge in [0.2, 0.25) is 0 Å². The lowest BCUT2D eigenvalue weighted by Gasteiger charge is -2.15. The van der Waals surface area contributed by atoms with Crippen LogP contribution in [0.4, 0.5) is 0 Å². The van der Waals surface area contributed by atoms with Crippen LogP contribution in [0, 0.1) is 0 Å². The molecule has 0 saturated carbocycles. The minimum absolute atomic E-state index is 0.315. The summed E-state index contributed by atoms with van der Waals surface area (Å²) < 4.78 is 13.2. The third-order valence-electron chi connectivity index (χ3n) is 6.00. The second kappa shape index (κ2) is 10.9. The summed E-state index contributed by atoms with van der Waals surface area (Å²) in [6, 6.07) is 35.8. The molecule has 0 spiro atoms. The average Bonchev–Trinajstić information content (AvgIpc) is 3.32. The highest BCUT2D eigenvalue weighted by atomic mass is 16.5. The first-order chi connectivity index (χ1) is 18.2. The Bertz CT molecular complexity index is 1510. The van der Waals surface area contributed by atoms with Gasteiger partial charge in [0.1, 0.15) is 18.3 Å². The number of aromatic nitrogens is 2. The Kier molecular flexibility index (Phi) is 7.10. The Morgan fingerprint density at radius 3 is 2.08 bits per heavy atom. The molecular formula is C31H26N2O4. The molecular weight excluding hydrogens is 464 g/mol. The summed E-state index contributed by atoms with van der Waals surface area (Å²) in [6.45, 7) is -0.0836. The fourth-order valence-corrected chi connectivity index (χ4v) is 4.43. The van der Waals surface area contributed by atoms with Crippen LogP contribution in [0.25, 0.3) is 45.0 Å². The van der Waals surface area contributed by atoms with Crippen LogP contribution in [0.2, 0.25) is 0 Å². The second-order valence-corrected chi connectivity index (χ2v) is 8.47. The van der Waals surface area contributed by atoms with Crippen LogP contribution >= 0.6 is 0 Å². The van der Waals surface area contributed by atoms with E-state index in [9.17, 15) is 4.79 Å². The van der Waals surface area contributed by atoms with Crippen molar-refractivity contribution in [3.05, 3.63) is 109 Å². The molecule has 0 saturated heterocycles. The number of carbonyl (C=O) groups is 1. The third kappa shape index (κ3) is 5.15. The number of benzene rings is 4. The van der Waals surface area contributed by atoms with E-state index >= 15 is 0 Å². The maximum Gasteiger partial charge on any atom is 0.341 e. The first kappa shape index (κ1) is 24.0. The first-order valence-electron chi connectivity index (χ1n) is 11.9. The van der Waals surface area contributed by atoms with Crippen LogP contribution in [0.1, 0.15) is 0 Å². The number of hydrogen-bond acceptors (Lipinski definition) is 4. The van der Waals surface area contributed by atoms with Gasteiger partial charge in [-0.25, -0.2) is 9.78 Å². The zero-order valence-corrected chi connectivity index (χ0v) is 20.4. The normalized spacial score (nSPS) is 10.8. The van der Waals surface area contributed by atoms with Gasteiger partial charge in [-0.1, -0.05) is 97.1 Å². The molecule has 6 heteroatoms. The second-order valence-electron chi connectivity index (χ2n) is 8.47. The van der Waals surface area contributed by atoms with Crippen molar-refractivity contribution >= 4 is 5.97 Å². The molecule has 0 atom stereocenters. The van der Waals surface area contributed by atoms with E-state index in [0.29, 0.717) is 12.5 Å². The van der Waals surface area contributed by atoms with Gasteiger partial charge in [0.15, 0.2) is 6.61 Å². The summed E-state index contributed by atoms with van der Waals surface area (Å²) in [5, 5.41) is 9.00. The van der Waals surface area contributed by atoms with Crippen LogP contribution in [0.5, 0.6) is 5.75 Å². The summed E-state index contributed by atoms with van der Waals surface area (Å²) in [7, 11) is 1.68. The Labute approximate surface area is 215 Å². The first-order valence-corrected chi connectivity index (χ1v) is 11.9. The number of carboxylic acid groups (broad SMARTS) is 1. The van der Waals surface area contributed by atoms with Gasteiger partial charge in [-0.2, -0.15) is 0 Å². The highest BCUT2D eigenvalue weighted by Crippen LogP contribution is 2.39. The molecule has 0 amide bonds. The topological polar surface area (TPSA) is 73.6 Å². The lowest BCUT2D eigenvalue weighted by Crippen LogP contribution is -2.09. The standard InChI is InChI=1S/C31H26N2O4/c1-36-21-33-30(23-13-6-3-7-14-23)29(22-11-4-2-5-12-22)32-31(33)27-18-9-8-17-26(27)24-15-10-16-25(19-24)37-20-28(34)35/h2-19H,20-21H2,1H3,(H,34,35). The predicted molar refractivity (Wildman–Crippen MR) is 144 cm³/mol. The van der Waals surface area contributed by atoms with Gasteiger partial charge in [-0.15, -0.1) is 0 Å². The van der Waals surface area contributed by atoms with Crippen molar-refractivity contribution in [2.24, 2.45) is 0 Å². The largest absolute Gasteiger partial charge is 0.482 e. The fraction of sp³-hybridized carbons (Fsp3) is 0.0968. The lowest BCUT2D eigenvalue weighted by molar-refractivity contribution is -0.139. The average molecular weight is 491 g/mol. The monoisotopic (exact) mass is 490 g/mol. The van der Waals surface area contributed by atoms with Crippen molar-refractivity contribution in [1.29, 1.82) is 0 Å². The summed E-state index contributed by atoms with van der Waals surface area (Å²) in [5.41, 5.74) is 6.66. The van der Waals surface area contributed by atoms with E-state index in [0.717, 1.165) is 45.0 Å². The summed E-state index contributed by atoms with van der Waals surface area (Å²) in [5.74, 6) is 0.242. The van der Waals surface area contributed by atoms with Crippen LogP contribution in [0.15, 0.2) is 109 Å². The van der Waals surface area contributed by atoms with Gasteiger partial charge >= 0.3 is 5.97 Å². The Morgan fingerprint density at radius 1 is 0.784 bits per heavy atom. The van der Waals surface area contributed by atoms with Crippen molar-refractivity contribution in [3.8, 4) is 50.8 Å². The van der Waals surface area contributed by atoms with Gasteiger partial charge in [0, 0.05) is 23.8 Å². The number of hydrogen-bond donors (Lipinski definition) is 1. The zero-order valence-electron chi connectivity index (χ0n) is 20.4. The van der Waals surface area contributed by atoms with E-state index in [4.69, 9.17) is 19.6 Å². The maximum atomic E-state index is 11.0. The number of imidazole rings is 1. The molecule has 5 aromatic rings. The number of carboxylic acids is 1. The van der Waals surface area contributed by atoms with Gasteiger partial charge in [-0.3, -0.25) is 4.57 Å². The van der Waals surface area contributed by atoms with Gasteiger partial charge in [-0.05, 0) is 23.3 Å². The summed E-state index contributed by atoms with van der Waals surface area (Å²) >= 11 is 0. The SMILES string of the molecule is COCn1c(-c2ccccc2-c2cccc(OCC(=O)O)c2)nc(-c2ccccc2)c1-c1ccccc1. The molecule has 1 heterocycles. The highest BCUT2D eigenvalue weighted by Gasteiger charge is 2.23. The number of ether oxygens (including phenoxy) is 2. The summed E-state index contributed by atoms with van der Waals surface area (Å²) in [6.07, 6.45) is 0. The fourth-order valence-electron chi connectivity index (χ4n) is 4.43. The summed E-state index contributed by atoms with van der Waals surface area (Å²) in [4.78, 5) is 16.2. The Morgan fingerprint density at radius 2 is 1.41 bits per heavy atom. The van der Waals surface area contributed by atoms with Crippen molar-refractivity contribution in [1.82, 2.24) is 9.55 Å². The van der Waals surface area contributed by atoms with Gasteiger partial charge < -0.3 is 14.6 Å². The number of nitrogens with zero attached hydrogens (tertiary/aromatic N) is 2. The molecule has 6 nitrogen and oxygen atoms in total. The van der Waals surface area contributed by atoms with E-state index in [1.54, 1.807) is 13.2 Å². The minimum Gasteiger partial charge on any atom is -0.482 e. The lowest BCUT2D eigenvalue weighted by atomic mass is 9.99. The molecule has 0 unspecified atom stereocenters. The van der Waals surface area contributed by atoms with Crippen LogP contribution in [-0.4, -0.2) is 34.3 Å². The van der Waals surface area contributed by atoms with E-state index in [-0.39, 0.29) is 0 Å². The Balaban J connectivity index is 1.71. The van der Waals surface area contributed by atoms with Crippen molar-refractivity contribution in [3.63, 3.8) is 0 Å². The number of methoxy groups -OCH3 is 1. The molecule has 37 heavy (non-hydrogen) atoms. The zero-order chi connectivity index (χ0) is 25.6. The smallest absolute Gasteiger partial charge is 0.341 e. The molecule has 1 N–H and O–H groups in total. The molecule has 5 rings (SSSR count). The van der Waals surface area contributed by atoms with Gasteiger partial charge in [0.05, 0.1) is 11.4 Å². The van der Waals surface area contributed by atoms with E-state index in [2.05, 4.69) is 28.8 Å². The van der Waals surface area contributed by atoms with E-state index in [1.165, 1.54) is 0 Å². The Hall–Kier alpha value is -4.68. The third-order valence-corrected chi connectivity index (χ3v) is 6.00. The maximum absolute atomic E-state index is 11.0. The van der Waals surface area contributed by atoms with Crippen LogP contribution in [0.3, 0.4) is 0 Å². The molecule has 0 aliphatic rings. The molecule has 0 radical (unpaired) electrons. The molecule has 0 fully saturated rings. The van der Waals surface area contributed by atoms with Crippen LogP contribution < -0.4 is 4.74 Å². The quantitative estimate of drug-likeness (QED) is 0.251. The molecule has 0 aliphatic heterocycles. The molecule has 0 aliphatic carbocycles. The molecule has 0 bridgehead atoms. The predicted octanol–water partition coefficient (Wildman–Crippen LogP) is 6.62. The molecule has 184 valence electrons. The minimum atomic E-state index is -1.02. The van der Waals surface area contributed by atoms with E-state index < -0.39 is 12.6 Å². The molecule has 4 aromatic carbocycles. The van der Waals surface area contributed by atoms with E-state index in [1.807, 2.05) is 78.9 Å². The highest BCUT2D eigenvalue weighted by molar-refractivity contribution is 5.87. The molecule has 1 aromatic heterocycles. The van der Waals surface area contributed by atoms with Gasteiger partial charge in [0.25, 0.3) is 0 Å².